The number of ether oxygens (including phenoxy) is 1. The van der Waals surface area contributed by atoms with Gasteiger partial charge in [0.1, 0.15) is 0 Å². The maximum atomic E-state index is 12.4. The van der Waals surface area contributed by atoms with E-state index in [-0.39, 0.29) is 22.4 Å². The fourth-order valence-electron chi connectivity index (χ4n) is 1.54. The monoisotopic (exact) mass is 314 g/mol. The minimum Gasteiger partial charge on any atom is -0.465 e. The number of carbonyl (C=O) groups is 1. The molecular weight excluding hydrogens is 292 g/mol. The van der Waals surface area contributed by atoms with Crippen molar-refractivity contribution >= 4 is 21.7 Å². The summed E-state index contributed by atoms with van der Waals surface area (Å²) in [5, 5.41) is 0. The van der Waals surface area contributed by atoms with Gasteiger partial charge in [-0.1, -0.05) is 20.8 Å². The molecule has 0 bridgehead atoms. The molecule has 21 heavy (non-hydrogen) atoms. The minimum absolute atomic E-state index is 0.0701. The van der Waals surface area contributed by atoms with Crippen LogP contribution in [0.2, 0.25) is 0 Å². The summed E-state index contributed by atoms with van der Waals surface area (Å²) < 4.78 is 31.9. The Morgan fingerprint density at radius 2 is 2.00 bits per heavy atom. The molecule has 1 aromatic rings. The van der Waals surface area contributed by atoms with Crippen LogP contribution in [0.1, 0.15) is 37.6 Å². The van der Waals surface area contributed by atoms with E-state index in [1.54, 1.807) is 0 Å². The Labute approximate surface area is 125 Å². The summed E-state index contributed by atoms with van der Waals surface area (Å²) >= 11 is 0. The molecule has 0 aliphatic carbocycles. The zero-order valence-electron chi connectivity index (χ0n) is 12.8. The van der Waals surface area contributed by atoms with E-state index in [9.17, 15) is 13.2 Å². The largest absolute Gasteiger partial charge is 0.465 e. The highest BCUT2D eigenvalue weighted by Crippen LogP contribution is 2.22. The van der Waals surface area contributed by atoms with Crippen molar-refractivity contribution in [2.45, 2.75) is 32.1 Å². The standard InChI is InChI=1S/C14H22N2O4S/c1-5-14(2,3)9-16-21(18,19)12-7-6-10(15)8-11(12)13(17)20-4/h6-8,16H,5,9,15H2,1-4H3. The Morgan fingerprint density at radius 1 is 1.38 bits per heavy atom. The highest BCUT2D eigenvalue weighted by Gasteiger charge is 2.25. The summed E-state index contributed by atoms with van der Waals surface area (Å²) in [7, 11) is -2.62. The van der Waals surface area contributed by atoms with Crippen molar-refractivity contribution in [3.8, 4) is 0 Å². The summed E-state index contributed by atoms with van der Waals surface area (Å²) in [4.78, 5) is 11.6. The lowest BCUT2D eigenvalue weighted by Gasteiger charge is -2.23. The van der Waals surface area contributed by atoms with Gasteiger partial charge in [-0.25, -0.2) is 17.9 Å². The molecule has 7 heteroatoms. The topological polar surface area (TPSA) is 98.5 Å². The van der Waals surface area contributed by atoms with Gasteiger partial charge in [-0.2, -0.15) is 0 Å². The van der Waals surface area contributed by atoms with Crippen LogP contribution in [-0.4, -0.2) is 28.0 Å². The highest BCUT2D eigenvalue weighted by atomic mass is 32.2. The number of hydrogen-bond acceptors (Lipinski definition) is 5. The Hall–Kier alpha value is -1.60. The van der Waals surface area contributed by atoms with E-state index in [0.29, 0.717) is 5.69 Å². The van der Waals surface area contributed by atoms with Crippen LogP contribution in [0.4, 0.5) is 5.69 Å². The van der Waals surface area contributed by atoms with E-state index in [2.05, 4.69) is 9.46 Å². The van der Waals surface area contributed by atoms with Crippen molar-refractivity contribution < 1.29 is 17.9 Å². The molecule has 0 spiro atoms. The van der Waals surface area contributed by atoms with Gasteiger partial charge in [0.05, 0.1) is 17.6 Å². The lowest BCUT2D eigenvalue weighted by molar-refractivity contribution is 0.0596. The normalized spacial score (nSPS) is 12.2. The molecule has 0 aliphatic heterocycles. The number of sulfonamides is 1. The number of esters is 1. The fraction of sp³-hybridized carbons (Fsp3) is 0.500. The Morgan fingerprint density at radius 3 is 2.52 bits per heavy atom. The summed E-state index contributed by atoms with van der Waals surface area (Å²) in [6.07, 6.45) is 0.821. The van der Waals surface area contributed by atoms with Crippen LogP contribution >= 0.6 is 0 Å². The van der Waals surface area contributed by atoms with Crippen LogP contribution in [0.3, 0.4) is 0 Å². The Balaban J connectivity index is 3.17. The molecule has 0 aliphatic rings. The zero-order valence-corrected chi connectivity index (χ0v) is 13.6. The first kappa shape index (κ1) is 17.5. The number of benzene rings is 1. The molecule has 6 nitrogen and oxygen atoms in total. The van der Waals surface area contributed by atoms with Gasteiger partial charge in [-0.3, -0.25) is 0 Å². The van der Waals surface area contributed by atoms with Crippen molar-refractivity contribution in [3.63, 3.8) is 0 Å². The smallest absolute Gasteiger partial charge is 0.339 e. The number of rotatable bonds is 6. The van der Waals surface area contributed by atoms with Crippen LogP contribution in [0.25, 0.3) is 0 Å². The average Bonchev–Trinajstić information content (AvgIpc) is 2.44. The van der Waals surface area contributed by atoms with E-state index >= 15 is 0 Å². The van der Waals surface area contributed by atoms with E-state index in [4.69, 9.17) is 5.73 Å². The van der Waals surface area contributed by atoms with Crippen LogP contribution in [0.15, 0.2) is 23.1 Å². The summed E-state index contributed by atoms with van der Waals surface area (Å²) in [6, 6.07) is 4.04. The summed E-state index contributed by atoms with van der Waals surface area (Å²) in [5.41, 5.74) is 5.66. The quantitative estimate of drug-likeness (QED) is 0.616. The van der Waals surface area contributed by atoms with Crippen molar-refractivity contribution in [3.05, 3.63) is 23.8 Å². The second-order valence-corrected chi connectivity index (χ2v) is 7.32. The van der Waals surface area contributed by atoms with E-state index in [1.165, 1.54) is 25.3 Å². The number of nitrogen functional groups attached to an aromatic ring is 1. The molecule has 0 aromatic heterocycles. The fourth-order valence-corrected chi connectivity index (χ4v) is 2.96. The Bertz CT molecular complexity index is 624. The summed E-state index contributed by atoms with van der Waals surface area (Å²) in [5.74, 6) is -0.738. The molecule has 1 rings (SSSR count). The van der Waals surface area contributed by atoms with E-state index < -0.39 is 16.0 Å². The second-order valence-electron chi connectivity index (χ2n) is 5.59. The van der Waals surface area contributed by atoms with Gasteiger partial charge in [0.2, 0.25) is 10.0 Å². The third-order valence-electron chi connectivity index (χ3n) is 3.40. The van der Waals surface area contributed by atoms with E-state index in [1.807, 2.05) is 20.8 Å². The molecule has 0 amide bonds. The number of hydrogen-bond donors (Lipinski definition) is 2. The molecule has 0 saturated heterocycles. The molecule has 0 unspecified atom stereocenters. The maximum absolute atomic E-state index is 12.4. The molecule has 0 fully saturated rings. The van der Waals surface area contributed by atoms with Crippen molar-refractivity contribution in [2.75, 3.05) is 19.4 Å². The second kappa shape index (κ2) is 6.44. The van der Waals surface area contributed by atoms with Crippen molar-refractivity contribution in [1.29, 1.82) is 0 Å². The van der Waals surface area contributed by atoms with E-state index in [0.717, 1.165) is 6.42 Å². The van der Waals surface area contributed by atoms with Crippen LogP contribution < -0.4 is 10.5 Å². The molecule has 0 saturated carbocycles. The number of methoxy groups -OCH3 is 1. The van der Waals surface area contributed by atoms with Gasteiger partial charge < -0.3 is 10.5 Å². The predicted octanol–water partition coefficient (Wildman–Crippen LogP) is 1.77. The number of carbonyl (C=O) groups excluding carboxylic acids is 1. The van der Waals surface area contributed by atoms with Crippen molar-refractivity contribution in [2.24, 2.45) is 5.41 Å². The first-order valence-corrected chi connectivity index (χ1v) is 8.09. The van der Waals surface area contributed by atoms with Gasteiger partial charge in [0.25, 0.3) is 0 Å². The molecular formula is C14H22N2O4S. The number of nitrogens with one attached hydrogen (secondary N) is 1. The third kappa shape index (κ3) is 4.44. The molecule has 0 radical (unpaired) electrons. The molecule has 0 heterocycles. The maximum Gasteiger partial charge on any atom is 0.339 e. The lowest BCUT2D eigenvalue weighted by atomic mass is 9.91. The molecule has 1 aromatic carbocycles. The highest BCUT2D eigenvalue weighted by molar-refractivity contribution is 7.89. The van der Waals surface area contributed by atoms with Gasteiger partial charge in [0, 0.05) is 12.2 Å². The van der Waals surface area contributed by atoms with Gasteiger partial charge in [-0.05, 0) is 30.0 Å². The third-order valence-corrected chi connectivity index (χ3v) is 4.86. The van der Waals surface area contributed by atoms with Crippen LogP contribution in [0.5, 0.6) is 0 Å². The van der Waals surface area contributed by atoms with Gasteiger partial charge >= 0.3 is 5.97 Å². The number of anilines is 1. The van der Waals surface area contributed by atoms with Gasteiger partial charge in [0.15, 0.2) is 0 Å². The number of nitrogens with two attached hydrogens (primary N) is 1. The van der Waals surface area contributed by atoms with Gasteiger partial charge in [-0.15, -0.1) is 0 Å². The van der Waals surface area contributed by atoms with Crippen LogP contribution in [0, 0.1) is 5.41 Å². The van der Waals surface area contributed by atoms with Crippen LogP contribution in [-0.2, 0) is 14.8 Å². The predicted molar refractivity (Wildman–Crippen MR) is 81.5 cm³/mol. The SMILES string of the molecule is CCC(C)(C)CNS(=O)(=O)c1ccc(N)cc1C(=O)OC. The lowest BCUT2D eigenvalue weighted by Crippen LogP contribution is -2.34. The first-order valence-electron chi connectivity index (χ1n) is 6.60. The average molecular weight is 314 g/mol. The van der Waals surface area contributed by atoms with Crippen molar-refractivity contribution in [1.82, 2.24) is 4.72 Å². The summed E-state index contributed by atoms with van der Waals surface area (Å²) in [6.45, 7) is 6.17. The molecule has 3 N–H and O–H groups in total. The molecule has 118 valence electrons. The first-order chi connectivity index (χ1) is 9.63. The minimum atomic E-state index is -3.81. The zero-order chi connectivity index (χ0) is 16.3. The molecule has 0 atom stereocenters. The Kier molecular flexibility index (Phi) is 5.36.